The summed E-state index contributed by atoms with van der Waals surface area (Å²) in [6, 6.07) is 5.50. The lowest BCUT2D eigenvalue weighted by Gasteiger charge is -2.23. The lowest BCUT2D eigenvalue weighted by Crippen LogP contribution is -2.24. The maximum atomic E-state index is 15.8. The molecule has 1 aliphatic heterocycles. The van der Waals surface area contributed by atoms with Crippen molar-refractivity contribution in [1.82, 2.24) is 4.57 Å². The summed E-state index contributed by atoms with van der Waals surface area (Å²) < 4.78 is 33.4. The van der Waals surface area contributed by atoms with Crippen molar-refractivity contribution in [1.29, 1.82) is 0 Å². The number of hydrogen-bond donors (Lipinski definition) is 2. The standard InChI is InChI=1S/C21H16BrF2N3O3/c22-11-2-1-9-6-26(7-10(9)5-11)19-15(23)17(25)14-18(16(19)24)27(12-3-4-12)8-13(20(14)28)21(29)30/h1-2,5,8,12H,3-4,6-7,25H2,(H,29,30). The summed E-state index contributed by atoms with van der Waals surface area (Å²) >= 11 is 3.40. The fourth-order valence-electron chi connectivity index (χ4n) is 4.14. The highest BCUT2D eigenvalue weighted by molar-refractivity contribution is 9.10. The third-order valence-electron chi connectivity index (χ3n) is 5.74. The fourth-order valence-corrected chi connectivity index (χ4v) is 4.55. The third-order valence-corrected chi connectivity index (χ3v) is 6.24. The Morgan fingerprint density at radius 1 is 1.17 bits per heavy atom. The first-order chi connectivity index (χ1) is 14.3. The molecule has 0 atom stereocenters. The number of rotatable bonds is 3. The van der Waals surface area contributed by atoms with Crippen LogP contribution in [0.3, 0.4) is 0 Å². The van der Waals surface area contributed by atoms with Crippen LogP contribution in [0.5, 0.6) is 0 Å². The van der Waals surface area contributed by atoms with Gasteiger partial charge in [-0.3, -0.25) is 4.79 Å². The molecule has 2 aliphatic rings. The molecule has 2 heterocycles. The van der Waals surface area contributed by atoms with E-state index >= 15 is 8.78 Å². The van der Waals surface area contributed by atoms with Crippen molar-refractivity contribution in [2.45, 2.75) is 32.0 Å². The van der Waals surface area contributed by atoms with Crippen LogP contribution in [0.4, 0.5) is 20.2 Å². The number of pyridine rings is 1. The van der Waals surface area contributed by atoms with Gasteiger partial charge in [0.25, 0.3) is 0 Å². The fraction of sp³-hybridized carbons (Fsp3) is 0.238. The Labute approximate surface area is 177 Å². The van der Waals surface area contributed by atoms with E-state index < -0.39 is 39.7 Å². The van der Waals surface area contributed by atoms with Crippen LogP contribution in [0.15, 0.2) is 33.7 Å². The first-order valence-electron chi connectivity index (χ1n) is 9.38. The average Bonchev–Trinajstić information content (AvgIpc) is 3.45. The highest BCUT2D eigenvalue weighted by Gasteiger charge is 2.34. The van der Waals surface area contributed by atoms with Crippen LogP contribution < -0.4 is 16.1 Å². The van der Waals surface area contributed by atoms with E-state index in [-0.39, 0.29) is 23.8 Å². The van der Waals surface area contributed by atoms with Gasteiger partial charge in [0.05, 0.1) is 16.6 Å². The summed E-state index contributed by atoms with van der Waals surface area (Å²) in [5.41, 5.74) is 5.34. The van der Waals surface area contributed by atoms with Crippen LogP contribution in [0.1, 0.15) is 40.4 Å². The van der Waals surface area contributed by atoms with E-state index in [1.165, 1.54) is 4.57 Å². The largest absolute Gasteiger partial charge is 0.477 e. The molecule has 3 N–H and O–H groups in total. The molecule has 154 valence electrons. The molecule has 0 radical (unpaired) electrons. The Bertz CT molecular complexity index is 1320. The van der Waals surface area contributed by atoms with E-state index in [0.717, 1.165) is 21.8 Å². The van der Waals surface area contributed by atoms with Gasteiger partial charge in [0.15, 0.2) is 11.6 Å². The minimum absolute atomic E-state index is 0.140. The van der Waals surface area contributed by atoms with Gasteiger partial charge in [-0.1, -0.05) is 22.0 Å². The third kappa shape index (κ3) is 2.72. The topological polar surface area (TPSA) is 88.6 Å². The van der Waals surface area contributed by atoms with Crippen molar-refractivity contribution in [3.63, 3.8) is 0 Å². The van der Waals surface area contributed by atoms with E-state index in [1.807, 2.05) is 18.2 Å². The minimum atomic E-state index is -1.46. The molecule has 9 heteroatoms. The average molecular weight is 476 g/mol. The Kier molecular flexibility index (Phi) is 4.15. The van der Waals surface area contributed by atoms with Gasteiger partial charge in [-0.15, -0.1) is 0 Å². The number of nitrogens with zero attached hydrogens (tertiary/aromatic N) is 2. The van der Waals surface area contributed by atoms with E-state index in [2.05, 4.69) is 15.9 Å². The van der Waals surface area contributed by atoms with Gasteiger partial charge in [0, 0.05) is 29.8 Å². The number of carbonyl (C=O) groups is 1. The number of fused-ring (bicyclic) bond motifs is 2. The van der Waals surface area contributed by atoms with Gasteiger partial charge >= 0.3 is 5.97 Å². The second-order valence-corrected chi connectivity index (χ2v) is 8.61. The van der Waals surface area contributed by atoms with Gasteiger partial charge in [-0.25, -0.2) is 13.6 Å². The molecule has 3 aromatic rings. The molecule has 5 rings (SSSR count). The van der Waals surface area contributed by atoms with E-state index in [4.69, 9.17) is 5.73 Å². The molecule has 0 bridgehead atoms. The van der Waals surface area contributed by atoms with Crippen LogP contribution >= 0.6 is 15.9 Å². The summed E-state index contributed by atoms with van der Waals surface area (Å²) in [6.07, 6.45) is 2.57. The van der Waals surface area contributed by atoms with Crippen molar-refractivity contribution in [3.8, 4) is 0 Å². The molecule has 2 aromatic carbocycles. The first kappa shape index (κ1) is 19.0. The molecule has 1 aliphatic carbocycles. The van der Waals surface area contributed by atoms with E-state index in [1.54, 1.807) is 4.90 Å². The Morgan fingerprint density at radius 3 is 2.53 bits per heavy atom. The molecular weight excluding hydrogens is 460 g/mol. The highest BCUT2D eigenvalue weighted by atomic mass is 79.9. The summed E-state index contributed by atoms with van der Waals surface area (Å²) in [5, 5.41) is 8.96. The van der Waals surface area contributed by atoms with Crippen molar-refractivity contribution in [3.05, 3.63) is 67.4 Å². The van der Waals surface area contributed by atoms with Gasteiger partial charge in [0.1, 0.15) is 11.3 Å². The normalized spacial score (nSPS) is 15.6. The van der Waals surface area contributed by atoms with Gasteiger partial charge < -0.3 is 20.3 Å². The number of aromatic carboxylic acids is 1. The zero-order valence-corrected chi connectivity index (χ0v) is 17.2. The molecule has 1 aromatic heterocycles. The van der Waals surface area contributed by atoms with Crippen molar-refractivity contribution in [2.24, 2.45) is 0 Å². The van der Waals surface area contributed by atoms with E-state index in [9.17, 15) is 14.7 Å². The second kappa shape index (κ2) is 6.53. The lowest BCUT2D eigenvalue weighted by atomic mass is 10.1. The molecule has 0 amide bonds. The number of nitrogen functional groups attached to an aromatic ring is 1. The quantitative estimate of drug-likeness (QED) is 0.554. The number of hydrogen-bond acceptors (Lipinski definition) is 4. The van der Waals surface area contributed by atoms with E-state index in [0.29, 0.717) is 19.4 Å². The molecule has 1 saturated carbocycles. The van der Waals surface area contributed by atoms with Gasteiger partial charge in [0.2, 0.25) is 5.43 Å². The number of carboxylic acids is 1. The highest BCUT2D eigenvalue weighted by Crippen LogP contribution is 2.43. The van der Waals surface area contributed by atoms with Crippen LogP contribution in [0.2, 0.25) is 0 Å². The number of aromatic nitrogens is 1. The van der Waals surface area contributed by atoms with Gasteiger partial charge in [-0.2, -0.15) is 0 Å². The van der Waals surface area contributed by atoms with Crippen molar-refractivity contribution < 1.29 is 18.7 Å². The van der Waals surface area contributed by atoms with Crippen molar-refractivity contribution >= 4 is 44.2 Å². The molecule has 0 saturated heterocycles. The number of benzene rings is 2. The van der Waals surface area contributed by atoms with Crippen LogP contribution in [0, 0.1) is 11.6 Å². The SMILES string of the molecule is Nc1c(F)c(N2Cc3ccc(Br)cc3C2)c(F)c2c1c(=O)c(C(=O)O)cn2C1CC1. The zero-order valence-electron chi connectivity index (χ0n) is 15.6. The molecule has 1 fully saturated rings. The number of anilines is 2. The molecule has 0 spiro atoms. The lowest BCUT2D eigenvalue weighted by molar-refractivity contribution is 0.0695. The summed E-state index contributed by atoms with van der Waals surface area (Å²) in [7, 11) is 0. The second-order valence-electron chi connectivity index (χ2n) is 7.70. The summed E-state index contributed by atoms with van der Waals surface area (Å²) in [6.45, 7) is 0.580. The Balaban J connectivity index is 1.78. The van der Waals surface area contributed by atoms with Crippen LogP contribution in [-0.4, -0.2) is 15.6 Å². The maximum absolute atomic E-state index is 15.8. The minimum Gasteiger partial charge on any atom is -0.477 e. The maximum Gasteiger partial charge on any atom is 0.341 e. The Hall–Kier alpha value is -2.94. The van der Waals surface area contributed by atoms with Crippen molar-refractivity contribution in [2.75, 3.05) is 10.6 Å². The monoisotopic (exact) mass is 475 g/mol. The predicted octanol–water partition coefficient (Wildman–Crippen LogP) is 4.18. The van der Waals surface area contributed by atoms with Gasteiger partial charge in [-0.05, 0) is 36.1 Å². The zero-order chi connectivity index (χ0) is 21.3. The molecular formula is C21H16BrF2N3O3. The number of carboxylic acid groups (broad SMARTS) is 1. The predicted molar refractivity (Wildman–Crippen MR) is 112 cm³/mol. The van der Waals surface area contributed by atoms with Crippen LogP contribution in [-0.2, 0) is 13.1 Å². The Morgan fingerprint density at radius 2 is 1.87 bits per heavy atom. The summed E-state index contributed by atoms with van der Waals surface area (Å²) in [5.74, 6) is -3.40. The molecule has 6 nitrogen and oxygen atoms in total. The number of halogens is 3. The molecule has 30 heavy (non-hydrogen) atoms. The smallest absolute Gasteiger partial charge is 0.341 e. The van der Waals surface area contributed by atoms with Crippen LogP contribution in [0.25, 0.3) is 10.9 Å². The number of nitrogens with two attached hydrogens (primary N) is 1. The first-order valence-corrected chi connectivity index (χ1v) is 10.2. The summed E-state index contributed by atoms with van der Waals surface area (Å²) in [4.78, 5) is 25.8. The molecule has 0 unspecified atom stereocenters.